The molecule has 1 amide bonds. The molecule has 2 aromatic carbocycles. The van der Waals surface area contributed by atoms with Gasteiger partial charge in [-0.2, -0.15) is 0 Å². The Bertz CT molecular complexity index is 1200. The Morgan fingerprint density at radius 3 is 2.60 bits per heavy atom. The van der Waals surface area contributed by atoms with E-state index in [9.17, 15) is 4.79 Å². The van der Waals surface area contributed by atoms with Crippen molar-refractivity contribution in [1.29, 1.82) is 0 Å². The van der Waals surface area contributed by atoms with Crippen LogP contribution in [0.5, 0.6) is 11.5 Å². The molecule has 4 rings (SSSR count). The Balaban J connectivity index is 1.79. The van der Waals surface area contributed by atoms with Gasteiger partial charge in [0.1, 0.15) is 5.76 Å². The number of hydrogen-bond donors (Lipinski definition) is 0. The minimum atomic E-state index is -0.194. The highest BCUT2D eigenvalue weighted by atomic mass is 32.1. The molecule has 0 aliphatic heterocycles. The SMILES string of the molecule is COc1ccc(C(=O)N(Cc2ccco2)c2nc3c(C)c(C)ccc3s2)cc1OC. The molecule has 0 saturated carbocycles. The molecule has 0 N–H and O–H groups in total. The lowest BCUT2D eigenvalue weighted by atomic mass is 10.1. The second kappa shape index (κ2) is 8.20. The third kappa shape index (κ3) is 3.64. The van der Waals surface area contributed by atoms with Gasteiger partial charge in [-0.3, -0.25) is 9.69 Å². The van der Waals surface area contributed by atoms with Crippen molar-refractivity contribution in [3.05, 3.63) is 71.2 Å². The summed E-state index contributed by atoms with van der Waals surface area (Å²) in [5.41, 5.74) is 3.68. The summed E-state index contributed by atoms with van der Waals surface area (Å²) in [6.07, 6.45) is 1.60. The number of anilines is 1. The van der Waals surface area contributed by atoms with Crippen LogP contribution in [-0.4, -0.2) is 25.1 Å². The van der Waals surface area contributed by atoms with Crippen LogP contribution in [0.2, 0.25) is 0 Å². The van der Waals surface area contributed by atoms with Gasteiger partial charge in [0.25, 0.3) is 5.91 Å². The molecule has 2 heterocycles. The fourth-order valence-corrected chi connectivity index (χ4v) is 4.26. The quantitative estimate of drug-likeness (QED) is 0.418. The van der Waals surface area contributed by atoms with E-state index in [0.29, 0.717) is 28.0 Å². The van der Waals surface area contributed by atoms with Crippen molar-refractivity contribution < 1.29 is 18.7 Å². The number of furan rings is 1. The Kier molecular flexibility index (Phi) is 5.46. The number of benzene rings is 2. The zero-order chi connectivity index (χ0) is 21.3. The molecule has 0 saturated heterocycles. The number of thiazole rings is 1. The van der Waals surface area contributed by atoms with Gasteiger partial charge in [0.15, 0.2) is 16.6 Å². The van der Waals surface area contributed by atoms with Gasteiger partial charge in [-0.15, -0.1) is 0 Å². The number of nitrogens with zero attached hydrogens (tertiary/aromatic N) is 2. The lowest BCUT2D eigenvalue weighted by Crippen LogP contribution is -2.30. The molecule has 0 radical (unpaired) electrons. The molecule has 0 bridgehead atoms. The second-order valence-electron chi connectivity index (χ2n) is 6.89. The predicted octanol–water partition coefficient (Wildman–Crippen LogP) is 5.37. The van der Waals surface area contributed by atoms with Gasteiger partial charge < -0.3 is 13.9 Å². The van der Waals surface area contributed by atoms with E-state index in [-0.39, 0.29) is 12.5 Å². The molecule has 0 atom stereocenters. The Labute approximate surface area is 178 Å². The molecule has 0 spiro atoms. The van der Waals surface area contributed by atoms with Crippen LogP contribution in [0.3, 0.4) is 0 Å². The number of carbonyl (C=O) groups excluding carboxylic acids is 1. The van der Waals surface area contributed by atoms with Gasteiger partial charge in [0.2, 0.25) is 0 Å². The largest absolute Gasteiger partial charge is 0.493 e. The van der Waals surface area contributed by atoms with Crippen LogP contribution in [-0.2, 0) is 6.54 Å². The van der Waals surface area contributed by atoms with E-state index < -0.39 is 0 Å². The van der Waals surface area contributed by atoms with Crippen molar-refractivity contribution in [2.75, 3.05) is 19.1 Å². The highest BCUT2D eigenvalue weighted by Crippen LogP contribution is 2.34. The molecule has 154 valence electrons. The Morgan fingerprint density at radius 1 is 1.10 bits per heavy atom. The average molecular weight is 423 g/mol. The molecule has 0 aliphatic carbocycles. The summed E-state index contributed by atoms with van der Waals surface area (Å²) in [6, 6.07) is 12.9. The summed E-state index contributed by atoms with van der Waals surface area (Å²) in [6.45, 7) is 4.38. The normalized spacial score (nSPS) is 10.9. The van der Waals surface area contributed by atoms with Crippen LogP contribution in [0.1, 0.15) is 27.2 Å². The van der Waals surface area contributed by atoms with Crippen molar-refractivity contribution in [1.82, 2.24) is 4.98 Å². The second-order valence-corrected chi connectivity index (χ2v) is 7.90. The van der Waals surface area contributed by atoms with Gasteiger partial charge >= 0.3 is 0 Å². The third-order valence-electron chi connectivity index (χ3n) is 5.07. The molecule has 0 unspecified atom stereocenters. The van der Waals surface area contributed by atoms with E-state index >= 15 is 0 Å². The van der Waals surface area contributed by atoms with E-state index in [2.05, 4.69) is 13.0 Å². The fourth-order valence-electron chi connectivity index (χ4n) is 3.24. The summed E-state index contributed by atoms with van der Waals surface area (Å²) >= 11 is 1.49. The van der Waals surface area contributed by atoms with Crippen molar-refractivity contribution in [3.8, 4) is 11.5 Å². The number of carbonyl (C=O) groups is 1. The van der Waals surface area contributed by atoms with E-state index in [1.807, 2.05) is 19.1 Å². The molecule has 7 heteroatoms. The van der Waals surface area contributed by atoms with E-state index in [1.165, 1.54) is 16.9 Å². The standard InChI is InChI=1S/C23H22N2O4S/c1-14-7-10-20-21(15(14)2)24-23(30-20)25(13-17-6-5-11-29-17)22(26)16-8-9-18(27-3)19(12-16)28-4/h5-12H,13H2,1-4H3. The molecule has 6 nitrogen and oxygen atoms in total. The maximum atomic E-state index is 13.5. The van der Waals surface area contributed by atoms with E-state index in [1.54, 1.807) is 49.6 Å². The lowest BCUT2D eigenvalue weighted by Gasteiger charge is -2.19. The first kappa shape index (κ1) is 20.0. The lowest BCUT2D eigenvalue weighted by molar-refractivity contribution is 0.0983. The predicted molar refractivity (Wildman–Crippen MR) is 118 cm³/mol. The van der Waals surface area contributed by atoms with Gasteiger partial charge in [-0.1, -0.05) is 17.4 Å². The van der Waals surface area contributed by atoms with Crippen molar-refractivity contribution in [2.24, 2.45) is 0 Å². The van der Waals surface area contributed by atoms with E-state index in [0.717, 1.165) is 15.8 Å². The number of rotatable bonds is 6. The van der Waals surface area contributed by atoms with Crippen molar-refractivity contribution >= 4 is 32.6 Å². The van der Waals surface area contributed by atoms with Gasteiger partial charge in [-0.25, -0.2) is 4.98 Å². The minimum Gasteiger partial charge on any atom is -0.493 e. The molecule has 4 aromatic rings. The number of fused-ring (bicyclic) bond motifs is 1. The maximum Gasteiger partial charge on any atom is 0.260 e. The van der Waals surface area contributed by atoms with Crippen LogP contribution < -0.4 is 14.4 Å². The maximum absolute atomic E-state index is 13.5. The zero-order valence-corrected chi connectivity index (χ0v) is 18.1. The molecule has 0 aliphatic rings. The first-order valence-electron chi connectivity index (χ1n) is 9.45. The first-order chi connectivity index (χ1) is 14.5. The number of hydrogen-bond acceptors (Lipinski definition) is 6. The molecule has 2 aromatic heterocycles. The van der Waals surface area contributed by atoms with Crippen LogP contribution in [0.25, 0.3) is 10.2 Å². The minimum absolute atomic E-state index is 0.194. The molecular formula is C23H22N2O4S. The van der Waals surface area contributed by atoms with E-state index in [4.69, 9.17) is 18.9 Å². The average Bonchev–Trinajstić information content (AvgIpc) is 3.43. The summed E-state index contributed by atoms with van der Waals surface area (Å²) in [5.74, 6) is 1.55. The van der Waals surface area contributed by atoms with Crippen LogP contribution >= 0.6 is 11.3 Å². The molecule has 30 heavy (non-hydrogen) atoms. The highest BCUT2D eigenvalue weighted by Gasteiger charge is 2.24. The van der Waals surface area contributed by atoms with Crippen molar-refractivity contribution in [2.45, 2.75) is 20.4 Å². The molecular weight excluding hydrogens is 400 g/mol. The Hall–Kier alpha value is -3.32. The number of aromatic nitrogens is 1. The zero-order valence-electron chi connectivity index (χ0n) is 17.3. The summed E-state index contributed by atoms with van der Waals surface area (Å²) in [7, 11) is 3.11. The van der Waals surface area contributed by atoms with Crippen LogP contribution in [0.4, 0.5) is 5.13 Å². The van der Waals surface area contributed by atoms with Gasteiger partial charge in [-0.05, 0) is 61.4 Å². The highest BCUT2D eigenvalue weighted by molar-refractivity contribution is 7.22. The monoisotopic (exact) mass is 422 g/mol. The van der Waals surface area contributed by atoms with Gasteiger partial charge in [0.05, 0.1) is 37.2 Å². The van der Waals surface area contributed by atoms with Crippen LogP contribution in [0, 0.1) is 13.8 Å². The smallest absolute Gasteiger partial charge is 0.260 e. The number of ether oxygens (including phenoxy) is 2. The topological polar surface area (TPSA) is 64.8 Å². The fraction of sp³-hybridized carbons (Fsp3) is 0.217. The molecule has 0 fully saturated rings. The Morgan fingerprint density at radius 2 is 1.90 bits per heavy atom. The first-order valence-corrected chi connectivity index (χ1v) is 10.3. The van der Waals surface area contributed by atoms with Gasteiger partial charge in [0, 0.05) is 5.56 Å². The van der Waals surface area contributed by atoms with Crippen molar-refractivity contribution in [3.63, 3.8) is 0 Å². The van der Waals surface area contributed by atoms with Crippen LogP contribution in [0.15, 0.2) is 53.1 Å². The summed E-state index contributed by atoms with van der Waals surface area (Å²) < 4.78 is 17.2. The third-order valence-corrected chi connectivity index (χ3v) is 6.12. The summed E-state index contributed by atoms with van der Waals surface area (Å²) in [4.78, 5) is 20.0. The number of methoxy groups -OCH3 is 2. The summed E-state index contributed by atoms with van der Waals surface area (Å²) in [5, 5.41) is 0.620. The number of amides is 1. The number of aryl methyl sites for hydroxylation is 2.